The molecule has 3 nitrogen and oxygen atoms in total. The summed E-state index contributed by atoms with van der Waals surface area (Å²) in [5, 5.41) is 3.41. The molecular formula is C15H22N2OS. The number of carbonyl (C=O) groups is 1. The van der Waals surface area contributed by atoms with Crippen LogP contribution in [0.15, 0.2) is 6.07 Å². The highest BCUT2D eigenvalue weighted by molar-refractivity contribution is 7.14. The molecule has 1 N–H and O–H groups in total. The number of hydrogen-bond acceptors (Lipinski definition) is 3. The van der Waals surface area contributed by atoms with Gasteiger partial charge in [-0.2, -0.15) is 0 Å². The minimum Gasteiger partial charge on any atom is -0.338 e. The topological polar surface area (TPSA) is 32.3 Å². The first kappa shape index (κ1) is 13.1. The Labute approximate surface area is 119 Å². The lowest BCUT2D eigenvalue weighted by Gasteiger charge is -2.26. The molecule has 19 heavy (non-hydrogen) atoms. The van der Waals surface area contributed by atoms with Crippen molar-refractivity contribution in [3.63, 3.8) is 0 Å². The van der Waals surface area contributed by atoms with Crippen molar-refractivity contribution in [1.29, 1.82) is 0 Å². The largest absolute Gasteiger partial charge is 0.338 e. The van der Waals surface area contributed by atoms with Crippen LogP contribution in [0.1, 0.15) is 45.8 Å². The van der Waals surface area contributed by atoms with E-state index in [0.717, 1.165) is 37.2 Å². The molecule has 0 radical (unpaired) electrons. The molecule has 2 heterocycles. The molecule has 1 unspecified atom stereocenters. The molecule has 2 aliphatic rings. The third kappa shape index (κ3) is 2.70. The Hall–Kier alpha value is -0.870. The number of thiophene rings is 1. The lowest BCUT2D eigenvalue weighted by molar-refractivity contribution is 0.0725. The number of aryl methyl sites for hydroxylation is 2. The van der Waals surface area contributed by atoms with Crippen LogP contribution in [0.25, 0.3) is 0 Å². The Morgan fingerprint density at radius 1 is 1.32 bits per heavy atom. The van der Waals surface area contributed by atoms with E-state index in [9.17, 15) is 4.79 Å². The van der Waals surface area contributed by atoms with Crippen molar-refractivity contribution in [1.82, 2.24) is 10.2 Å². The predicted octanol–water partition coefficient (Wildman–Crippen LogP) is 2.45. The van der Waals surface area contributed by atoms with E-state index in [1.54, 1.807) is 11.3 Å². The fourth-order valence-corrected chi connectivity index (χ4v) is 4.40. The first-order valence-electron chi connectivity index (χ1n) is 7.35. The number of hydrogen-bond donors (Lipinski definition) is 1. The van der Waals surface area contributed by atoms with E-state index in [2.05, 4.69) is 11.4 Å². The van der Waals surface area contributed by atoms with Crippen molar-refractivity contribution in [3.8, 4) is 0 Å². The monoisotopic (exact) mass is 278 g/mol. The van der Waals surface area contributed by atoms with Crippen LogP contribution in [0.5, 0.6) is 0 Å². The highest BCUT2D eigenvalue weighted by atomic mass is 32.1. The first-order chi connectivity index (χ1) is 9.25. The van der Waals surface area contributed by atoms with E-state index in [1.807, 2.05) is 11.9 Å². The van der Waals surface area contributed by atoms with E-state index in [0.29, 0.717) is 6.04 Å². The van der Waals surface area contributed by atoms with Gasteiger partial charge in [-0.1, -0.05) is 0 Å². The maximum absolute atomic E-state index is 12.6. The predicted molar refractivity (Wildman–Crippen MR) is 78.9 cm³/mol. The molecule has 1 amide bonds. The van der Waals surface area contributed by atoms with Gasteiger partial charge in [-0.05, 0) is 63.2 Å². The third-order valence-corrected chi connectivity index (χ3v) is 5.60. The maximum atomic E-state index is 12.6. The Balaban J connectivity index is 1.71. The van der Waals surface area contributed by atoms with Crippen molar-refractivity contribution in [2.24, 2.45) is 0 Å². The molecule has 1 fully saturated rings. The molecule has 1 aliphatic carbocycles. The summed E-state index contributed by atoms with van der Waals surface area (Å²) in [5.41, 5.74) is 1.42. The third-order valence-electron chi connectivity index (χ3n) is 4.37. The zero-order valence-electron chi connectivity index (χ0n) is 11.6. The molecule has 1 aromatic heterocycles. The lowest BCUT2D eigenvalue weighted by atomic mass is 10.1. The number of amides is 1. The minimum absolute atomic E-state index is 0.228. The van der Waals surface area contributed by atoms with E-state index in [-0.39, 0.29) is 5.91 Å². The van der Waals surface area contributed by atoms with Gasteiger partial charge in [0.15, 0.2) is 0 Å². The summed E-state index contributed by atoms with van der Waals surface area (Å²) in [6.07, 6.45) is 6.97. The summed E-state index contributed by atoms with van der Waals surface area (Å²) >= 11 is 1.72. The number of carbonyl (C=O) groups excluding carboxylic acids is 1. The minimum atomic E-state index is 0.228. The molecule has 0 aromatic carbocycles. The number of nitrogens with zero attached hydrogens (tertiary/aromatic N) is 1. The quantitative estimate of drug-likeness (QED) is 0.901. The van der Waals surface area contributed by atoms with Gasteiger partial charge in [-0.25, -0.2) is 0 Å². The number of nitrogens with one attached hydrogen (secondary N) is 1. The second-order valence-corrected chi connectivity index (χ2v) is 6.80. The lowest BCUT2D eigenvalue weighted by Crippen LogP contribution is -2.37. The highest BCUT2D eigenvalue weighted by Crippen LogP contribution is 2.31. The van der Waals surface area contributed by atoms with Crippen LogP contribution in [0.2, 0.25) is 0 Å². The SMILES string of the molecule is CN(C(=O)c1cc2c(s1)CCC2)C1CCCNCC1. The van der Waals surface area contributed by atoms with Crippen molar-refractivity contribution < 1.29 is 4.79 Å². The molecule has 0 saturated carbocycles. The highest BCUT2D eigenvalue weighted by Gasteiger charge is 2.25. The van der Waals surface area contributed by atoms with Crippen molar-refractivity contribution in [2.75, 3.05) is 20.1 Å². The van der Waals surface area contributed by atoms with Crippen molar-refractivity contribution >= 4 is 17.2 Å². The van der Waals surface area contributed by atoms with Gasteiger partial charge in [0.2, 0.25) is 0 Å². The van der Waals surface area contributed by atoms with Gasteiger partial charge < -0.3 is 10.2 Å². The molecule has 1 saturated heterocycles. The molecule has 3 rings (SSSR count). The second-order valence-electron chi connectivity index (χ2n) is 5.66. The smallest absolute Gasteiger partial charge is 0.263 e. The molecule has 4 heteroatoms. The zero-order chi connectivity index (χ0) is 13.2. The summed E-state index contributed by atoms with van der Waals surface area (Å²) in [6.45, 7) is 2.12. The average Bonchev–Trinajstić information content (AvgIpc) is 2.89. The molecular weight excluding hydrogens is 256 g/mol. The molecule has 1 aromatic rings. The van der Waals surface area contributed by atoms with E-state index in [4.69, 9.17) is 0 Å². The summed E-state index contributed by atoms with van der Waals surface area (Å²) in [5.74, 6) is 0.228. The first-order valence-corrected chi connectivity index (χ1v) is 8.17. The van der Waals surface area contributed by atoms with E-state index < -0.39 is 0 Å². The van der Waals surface area contributed by atoms with E-state index in [1.165, 1.54) is 29.7 Å². The summed E-state index contributed by atoms with van der Waals surface area (Å²) < 4.78 is 0. The van der Waals surface area contributed by atoms with Crippen LogP contribution >= 0.6 is 11.3 Å². The molecule has 1 atom stereocenters. The maximum Gasteiger partial charge on any atom is 0.263 e. The van der Waals surface area contributed by atoms with Crippen molar-refractivity contribution in [3.05, 3.63) is 21.4 Å². The summed E-state index contributed by atoms with van der Waals surface area (Å²) in [6, 6.07) is 2.54. The van der Waals surface area contributed by atoms with Crippen LogP contribution in [0.4, 0.5) is 0 Å². The fourth-order valence-electron chi connectivity index (χ4n) is 3.16. The Morgan fingerprint density at radius 3 is 3.05 bits per heavy atom. The van der Waals surface area contributed by atoms with Crippen molar-refractivity contribution in [2.45, 2.75) is 44.6 Å². The van der Waals surface area contributed by atoms with Gasteiger partial charge in [0.25, 0.3) is 5.91 Å². The Bertz CT molecular complexity index is 439. The number of fused-ring (bicyclic) bond motifs is 1. The van der Waals surface area contributed by atoms with Crippen LogP contribution in [0, 0.1) is 0 Å². The van der Waals surface area contributed by atoms with Crippen LogP contribution in [0.3, 0.4) is 0 Å². The standard InChI is InChI=1S/C15H22N2OS/c1-17(12-5-3-8-16-9-7-12)15(18)14-10-11-4-2-6-13(11)19-14/h10,12,16H,2-9H2,1H3. The van der Waals surface area contributed by atoms with Gasteiger partial charge >= 0.3 is 0 Å². The van der Waals surface area contributed by atoms with Gasteiger partial charge in [-0.15, -0.1) is 11.3 Å². The molecule has 104 valence electrons. The fraction of sp³-hybridized carbons (Fsp3) is 0.667. The van der Waals surface area contributed by atoms with Gasteiger partial charge in [-0.3, -0.25) is 4.79 Å². The second kappa shape index (κ2) is 5.63. The normalized spacial score (nSPS) is 22.9. The molecule has 1 aliphatic heterocycles. The molecule has 0 bridgehead atoms. The van der Waals surface area contributed by atoms with Crippen LogP contribution in [-0.4, -0.2) is 37.0 Å². The van der Waals surface area contributed by atoms with Gasteiger partial charge in [0.05, 0.1) is 4.88 Å². The summed E-state index contributed by atoms with van der Waals surface area (Å²) in [7, 11) is 1.98. The van der Waals surface area contributed by atoms with Gasteiger partial charge in [0.1, 0.15) is 0 Å². The Kier molecular flexibility index (Phi) is 3.89. The Morgan fingerprint density at radius 2 is 2.21 bits per heavy atom. The zero-order valence-corrected chi connectivity index (χ0v) is 12.4. The summed E-state index contributed by atoms with van der Waals surface area (Å²) in [4.78, 5) is 17.0. The van der Waals surface area contributed by atoms with Crippen LogP contribution < -0.4 is 5.32 Å². The van der Waals surface area contributed by atoms with E-state index >= 15 is 0 Å². The van der Waals surface area contributed by atoms with Crippen LogP contribution in [-0.2, 0) is 12.8 Å². The molecule has 0 spiro atoms. The number of rotatable bonds is 2. The average molecular weight is 278 g/mol. The van der Waals surface area contributed by atoms with Gasteiger partial charge in [0, 0.05) is 18.0 Å².